The van der Waals surface area contributed by atoms with Gasteiger partial charge in [-0.05, 0) is 62.3 Å². The molecule has 1 atom stereocenters. The van der Waals surface area contributed by atoms with Crippen LogP contribution in [0.3, 0.4) is 0 Å². The molecule has 1 saturated heterocycles. The van der Waals surface area contributed by atoms with Gasteiger partial charge in [0.25, 0.3) is 5.89 Å². The highest BCUT2D eigenvalue weighted by molar-refractivity contribution is 5.76. The van der Waals surface area contributed by atoms with Gasteiger partial charge in [-0.15, -0.1) is 0 Å². The molecule has 1 aliphatic carbocycles. The largest absolute Gasteiger partial charge is 0.385 e. The van der Waals surface area contributed by atoms with E-state index in [0.717, 1.165) is 25.8 Å². The smallest absolute Gasteiger partial charge is 0.257 e. The molecular formula is C23H30FN3O3. The molecule has 0 spiro atoms. The van der Waals surface area contributed by atoms with Crippen molar-refractivity contribution in [2.24, 2.45) is 5.92 Å². The van der Waals surface area contributed by atoms with Crippen LogP contribution in [0.4, 0.5) is 4.39 Å². The van der Waals surface area contributed by atoms with Crippen LogP contribution in [-0.2, 0) is 14.9 Å². The number of nitrogens with zero attached hydrogens (tertiary/aromatic N) is 3. The Morgan fingerprint density at radius 2 is 2.03 bits per heavy atom. The van der Waals surface area contributed by atoms with Gasteiger partial charge in [-0.3, -0.25) is 4.79 Å². The van der Waals surface area contributed by atoms with Crippen molar-refractivity contribution < 1.29 is 18.4 Å². The highest BCUT2D eigenvalue weighted by Crippen LogP contribution is 2.38. The molecule has 1 unspecified atom stereocenters. The average molecular weight is 416 g/mol. The minimum Gasteiger partial charge on any atom is -0.385 e. The Morgan fingerprint density at radius 3 is 2.77 bits per heavy atom. The van der Waals surface area contributed by atoms with E-state index in [9.17, 15) is 9.18 Å². The Hall–Kier alpha value is -2.28. The molecule has 0 radical (unpaired) electrons. The van der Waals surface area contributed by atoms with Gasteiger partial charge < -0.3 is 14.2 Å². The maximum absolute atomic E-state index is 13.2. The molecule has 2 heterocycles. The van der Waals surface area contributed by atoms with Gasteiger partial charge in [0.1, 0.15) is 5.82 Å². The van der Waals surface area contributed by atoms with E-state index in [2.05, 4.69) is 10.1 Å². The van der Waals surface area contributed by atoms with Crippen molar-refractivity contribution in [3.8, 4) is 11.5 Å². The average Bonchev–Trinajstić information content (AvgIpc) is 3.45. The topological polar surface area (TPSA) is 68.5 Å². The van der Waals surface area contributed by atoms with Crippen LogP contribution in [0, 0.1) is 11.7 Å². The number of ether oxygens (including phenoxy) is 1. The number of likely N-dealkylation sites (tertiary alicyclic amines) is 1. The second kappa shape index (κ2) is 9.25. The zero-order valence-electron chi connectivity index (χ0n) is 17.6. The molecule has 2 fully saturated rings. The quantitative estimate of drug-likeness (QED) is 0.672. The molecule has 0 bridgehead atoms. The van der Waals surface area contributed by atoms with Crippen LogP contribution >= 0.6 is 0 Å². The Labute approximate surface area is 176 Å². The normalized spacial score (nSPS) is 22.5. The number of carbonyl (C=O) groups excluding carboxylic acids is 1. The Bertz CT molecular complexity index is 848. The summed E-state index contributed by atoms with van der Waals surface area (Å²) in [7, 11) is 1.68. The first-order valence-electron chi connectivity index (χ1n) is 11.0. The van der Waals surface area contributed by atoms with Gasteiger partial charge in [0, 0.05) is 38.8 Å². The monoisotopic (exact) mass is 415 g/mol. The van der Waals surface area contributed by atoms with Crippen molar-refractivity contribution in [2.45, 2.75) is 56.8 Å². The van der Waals surface area contributed by atoms with E-state index in [1.807, 2.05) is 4.90 Å². The highest BCUT2D eigenvalue weighted by atomic mass is 19.1. The van der Waals surface area contributed by atoms with Crippen LogP contribution in [0.15, 0.2) is 28.8 Å². The number of aromatic nitrogens is 2. The van der Waals surface area contributed by atoms with E-state index in [-0.39, 0.29) is 17.1 Å². The molecule has 6 nitrogen and oxygen atoms in total. The highest BCUT2D eigenvalue weighted by Gasteiger charge is 2.42. The zero-order valence-corrected chi connectivity index (χ0v) is 17.6. The standard InChI is InChI=1S/C23H30FN3O3/c1-29-14-12-23(22-25-21(30-26-22)18-7-9-19(24)10-8-18)11-4-13-27(16-23)20(28)15-17-5-2-3-6-17/h7-10,17H,2-6,11-16H2,1H3. The van der Waals surface area contributed by atoms with Crippen LogP contribution in [0.25, 0.3) is 11.5 Å². The lowest BCUT2D eigenvalue weighted by Crippen LogP contribution is -2.49. The molecule has 4 rings (SSSR count). The predicted octanol–water partition coefficient (Wildman–Crippen LogP) is 4.35. The fraction of sp³-hybridized carbons (Fsp3) is 0.609. The van der Waals surface area contributed by atoms with E-state index in [1.165, 1.54) is 37.8 Å². The van der Waals surface area contributed by atoms with Gasteiger partial charge in [-0.1, -0.05) is 18.0 Å². The van der Waals surface area contributed by atoms with Gasteiger partial charge in [0.05, 0.1) is 5.41 Å². The lowest BCUT2D eigenvalue weighted by atomic mass is 9.76. The number of methoxy groups -OCH3 is 1. The number of halogens is 1. The summed E-state index contributed by atoms with van der Waals surface area (Å²) >= 11 is 0. The Kier molecular flexibility index (Phi) is 6.46. The molecule has 1 amide bonds. The molecule has 30 heavy (non-hydrogen) atoms. The molecule has 7 heteroatoms. The van der Waals surface area contributed by atoms with Crippen molar-refractivity contribution in [3.05, 3.63) is 35.9 Å². The fourth-order valence-corrected chi connectivity index (χ4v) is 4.88. The molecule has 162 valence electrons. The van der Waals surface area contributed by atoms with Crippen molar-refractivity contribution in [1.29, 1.82) is 0 Å². The summed E-state index contributed by atoms with van der Waals surface area (Å²) < 4.78 is 24.1. The van der Waals surface area contributed by atoms with E-state index >= 15 is 0 Å². The maximum Gasteiger partial charge on any atom is 0.257 e. The number of hydrogen-bond donors (Lipinski definition) is 0. The van der Waals surface area contributed by atoms with Crippen LogP contribution in [0.1, 0.15) is 57.2 Å². The predicted molar refractivity (Wildman–Crippen MR) is 110 cm³/mol. The first kappa shape index (κ1) is 21.0. The van der Waals surface area contributed by atoms with Gasteiger partial charge in [0.2, 0.25) is 5.91 Å². The number of amides is 1. The van der Waals surface area contributed by atoms with Crippen molar-refractivity contribution in [1.82, 2.24) is 15.0 Å². The van der Waals surface area contributed by atoms with Crippen LogP contribution in [0.2, 0.25) is 0 Å². The van der Waals surface area contributed by atoms with Crippen LogP contribution < -0.4 is 0 Å². The first-order chi connectivity index (χ1) is 14.6. The summed E-state index contributed by atoms with van der Waals surface area (Å²) in [6.45, 7) is 1.93. The molecule has 1 aromatic carbocycles. The number of hydrogen-bond acceptors (Lipinski definition) is 5. The SMILES string of the molecule is COCCC1(c2noc(-c3ccc(F)cc3)n2)CCCN(C(=O)CC2CCCC2)C1. The van der Waals surface area contributed by atoms with Crippen LogP contribution in [0.5, 0.6) is 0 Å². The second-order valence-electron chi connectivity index (χ2n) is 8.73. The van der Waals surface area contributed by atoms with E-state index < -0.39 is 0 Å². The third kappa shape index (κ3) is 4.56. The summed E-state index contributed by atoms with van der Waals surface area (Å²) in [6, 6.07) is 6.02. The number of rotatable bonds is 7. The molecule has 1 aromatic heterocycles. The van der Waals surface area contributed by atoms with Gasteiger partial charge in [0.15, 0.2) is 5.82 Å². The van der Waals surface area contributed by atoms with Crippen molar-refractivity contribution >= 4 is 5.91 Å². The van der Waals surface area contributed by atoms with Crippen molar-refractivity contribution in [2.75, 3.05) is 26.8 Å². The zero-order chi connectivity index (χ0) is 21.0. The summed E-state index contributed by atoms with van der Waals surface area (Å²) in [6.07, 6.45) is 7.97. The van der Waals surface area contributed by atoms with Gasteiger partial charge in [-0.2, -0.15) is 4.98 Å². The summed E-state index contributed by atoms with van der Waals surface area (Å²) in [5.41, 5.74) is 0.295. The molecular weight excluding hydrogens is 385 g/mol. The lowest BCUT2D eigenvalue weighted by molar-refractivity contribution is -0.134. The molecule has 2 aliphatic rings. The van der Waals surface area contributed by atoms with E-state index in [4.69, 9.17) is 9.26 Å². The third-order valence-corrected chi connectivity index (χ3v) is 6.64. The van der Waals surface area contributed by atoms with E-state index in [0.29, 0.717) is 42.8 Å². The number of benzene rings is 1. The molecule has 0 N–H and O–H groups in total. The minimum atomic E-state index is -0.388. The van der Waals surface area contributed by atoms with Crippen molar-refractivity contribution in [3.63, 3.8) is 0 Å². The van der Waals surface area contributed by atoms with E-state index in [1.54, 1.807) is 19.2 Å². The van der Waals surface area contributed by atoms with Gasteiger partial charge in [-0.25, -0.2) is 4.39 Å². The summed E-state index contributed by atoms with van der Waals surface area (Å²) in [5.74, 6) is 1.45. The van der Waals surface area contributed by atoms with Crippen LogP contribution in [-0.4, -0.2) is 47.8 Å². The van der Waals surface area contributed by atoms with Gasteiger partial charge >= 0.3 is 0 Å². The molecule has 2 aromatic rings. The molecule has 1 aliphatic heterocycles. The summed E-state index contributed by atoms with van der Waals surface area (Å²) in [5, 5.41) is 4.29. The first-order valence-corrected chi connectivity index (χ1v) is 11.0. The fourth-order valence-electron chi connectivity index (χ4n) is 4.88. The Balaban J connectivity index is 1.54. The lowest BCUT2D eigenvalue weighted by Gasteiger charge is -2.41. The number of carbonyl (C=O) groups is 1. The third-order valence-electron chi connectivity index (χ3n) is 6.64. The second-order valence-corrected chi connectivity index (χ2v) is 8.73. The molecule has 1 saturated carbocycles. The number of piperidine rings is 1. The maximum atomic E-state index is 13.2. The summed E-state index contributed by atoms with van der Waals surface area (Å²) in [4.78, 5) is 19.7. The minimum absolute atomic E-state index is 0.241. The Morgan fingerprint density at radius 1 is 1.27 bits per heavy atom.